The van der Waals surface area contributed by atoms with E-state index < -0.39 is 23.6 Å². The van der Waals surface area contributed by atoms with Crippen molar-refractivity contribution >= 4 is 28.8 Å². The third-order valence-electron chi connectivity index (χ3n) is 16.3. The Morgan fingerprint density at radius 3 is 1.80 bits per heavy atom. The van der Waals surface area contributed by atoms with Crippen molar-refractivity contribution in [1.82, 2.24) is 0 Å². The second kappa shape index (κ2) is 31.4. The van der Waals surface area contributed by atoms with Crippen LogP contribution in [0.4, 0.5) is 0 Å². The number of fused-ring (bicyclic) bond motifs is 10. The zero-order chi connectivity index (χ0) is 66.6. The highest BCUT2D eigenvalue weighted by Gasteiger charge is 2.55. The van der Waals surface area contributed by atoms with Gasteiger partial charge in [0.25, 0.3) is 0 Å². The van der Waals surface area contributed by atoms with E-state index >= 15 is 0 Å². The Hall–Kier alpha value is -10.9. The van der Waals surface area contributed by atoms with E-state index in [-0.39, 0.29) is 79.8 Å². The van der Waals surface area contributed by atoms with Crippen LogP contribution in [0.25, 0.3) is 39.1 Å². The highest BCUT2D eigenvalue weighted by atomic mass is 16.6. The number of esters is 2. The molecule has 506 valence electrons. The summed E-state index contributed by atoms with van der Waals surface area (Å²) >= 11 is 0. The molecule has 94 heavy (non-hydrogen) atoms. The second-order valence-electron chi connectivity index (χ2n) is 24.6. The van der Waals surface area contributed by atoms with E-state index in [9.17, 15) is 9.59 Å². The minimum atomic E-state index is -1.20. The Morgan fingerprint density at radius 2 is 1.19 bits per heavy atom. The van der Waals surface area contributed by atoms with Gasteiger partial charge in [-0.2, -0.15) is 0 Å². The van der Waals surface area contributed by atoms with Crippen molar-refractivity contribution in [2.24, 2.45) is 10.8 Å². The molecule has 1 fully saturated rings. The van der Waals surface area contributed by atoms with Crippen molar-refractivity contribution in [3.05, 3.63) is 143 Å². The number of ether oxygens (including phenoxy) is 9. The number of hydrogen-bond acceptors (Lipinski definition) is 11. The van der Waals surface area contributed by atoms with Gasteiger partial charge in [-0.15, -0.1) is 6.42 Å². The molecule has 0 saturated heterocycles. The molecular weight excluding hydrogens is 1170 g/mol. The molecule has 1 heterocycles. The van der Waals surface area contributed by atoms with E-state index in [0.717, 1.165) is 87.8 Å². The number of aryl methyl sites for hydroxylation is 1. The van der Waals surface area contributed by atoms with Gasteiger partial charge in [0.2, 0.25) is 0 Å². The summed E-state index contributed by atoms with van der Waals surface area (Å²) in [5, 5.41) is 1.94. The minimum absolute atomic E-state index is 0. The van der Waals surface area contributed by atoms with Gasteiger partial charge >= 0.3 is 11.9 Å². The predicted octanol–water partition coefficient (Wildman–Crippen LogP) is 18.3. The lowest BCUT2D eigenvalue weighted by molar-refractivity contribution is -0.155. The summed E-state index contributed by atoms with van der Waals surface area (Å²) in [5.41, 5.74) is 9.08. The predicted molar refractivity (Wildman–Crippen MR) is 404 cm³/mol. The second-order valence-corrected chi connectivity index (χ2v) is 24.6. The molecule has 0 amide bonds. The molecule has 3 aliphatic rings. The maximum Gasteiger partial charge on any atom is 0.306 e. The first-order valence-corrected chi connectivity index (χ1v) is 31.4. The maximum atomic E-state index is 12.7. The van der Waals surface area contributed by atoms with Crippen LogP contribution < -0.4 is 23.7 Å². The molecule has 11 nitrogen and oxygen atoms in total. The Labute approximate surface area is 579 Å². The molecule has 0 radical (unpaired) electrons. The van der Waals surface area contributed by atoms with Gasteiger partial charge in [0.05, 0.1) is 33.7 Å². The van der Waals surface area contributed by atoms with Crippen molar-refractivity contribution in [3.63, 3.8) is 0 Å². The van der Waals surface area contributed by atoms with Crippen LogP contribution in [-0.4, -0.2) is 71.9 Å². The molecule has 0 N–H and O–H groups in total. The van der Waals surface area contributed by atoms with Crippen LogP contribution >= 0.6 is 0 Å². The quantitative estimate of drug-likeness (QED) is 0.0367. The summed E-state index contributed by atoms with van der Waals surface area (Å²) in [6.45, 7) is 17.0. The van der Waals surface area contributed by atoms with Crippen molar-refractivity contribution < 1.29 is 76.5 Å². The molecule has 0 aromatic heterocycles. The standard InChI is InChI=1S/C83H74O11.17H2/c1-11-13-15-16-17-18-19-20-21-22-23-24-25-26-27-30-48-88-49-50-90-64-38-34-62(35-39-64)83(63-36-40-65(41-37-63)91-51-52-92-75(84)43-44-76(85)93-61(4)56-89-47-14-12-2)46-45-68-78-77(67-31-28-29-32-72(67)82(78)58-80(5,6)57-81(7,8)59-82)70-54-69(66-42-33-60(3)53-73(66)86-9)74(87-10)55-71(70)79(68)94-83;;;;;;;;;;;;;;;;;/h1,28-29,31-42,45-46,53-55,61H,12,14,43-44,47,49-52,56-59H2,2-10H3;17*1H. The Balaban J connectivity index is -0.000000874. The first-order chi connectivity index (χ1) is 45.5. The molecule has 1 saturated carbocycles. The number of carbonyl (C=O) groups is 2. The molecule has 9 rings (SSSR count). The average molecular weight is 1280 g/mol. The highest BCUT2D eigenvalue weighted by molar-refractivity contribution is 6.11. The van der Waals surface area contributed by atoms with E-state index in [1.165, 1.54) is 22.3 Å². The third kappa shape index (κ3) is 16.4. The number of unbranched alkanes of at least 4 members (excludes halogenated alkanes) is 1. The largest absolute Gasteiger partial charge is 0.496 e. The lowest BCUT2D eigenvalue weighted by Gasteiger charge is -2.52. The van der Waals surface area contributed by atoms with Gasteiger partial charge in [-0.05, 0) is 179 Å². The Morgan fingerprint density at radius 1 is 0.617 bits per heavy atom. The molecule has 6 aromatic rings. The zero-order valence-electron chi connectivity index (χ0n) is 54.8. The van der Waals surface area contributed by atoms with Gasteiger partial charge in [-0.1, -0.05) is 108 Å². The third-order valence-corrected chi connectivity index (χ3v) is 16.3. The Bertz CT molecular complexity index is 4510. The van der Waals surface area contributed by atoms with E-state index in [2.05, 4.69) is 209 Å². The molecular formula is C83H108O11. The fraction of sp³-hybridized carbons (Fsp3) is 0.325. The van der Waals surface area contributed by atoms with Crippen LogP contribution in [0.2, 0.25) is 0 Å². The van der Waals surface area contributed by atoms with Gasteiger partial charge in [-0.25, -0.2) is 0 Å². The van der Waals surface area contributed by atoms with E-state index in [1.807, 2.05) is 48.5 Å². The van der Waals surface area contributed by atoms with Gasteiger partial charge in [0.15, 0.2) is 5.60 Å². The maximum absolute atomic E-state index is 12.7. The monoisotopic (exact) mass is 1280 g/mol. The van der Waals surface area contributed by atoms with Gasteiger partial charge in [0, 0.05) is 117 Å². The zero-order valence-corrected chi connectivity index (χ0v) is 54.8. The SMILES string of the molecule is C#CC#CC#CC#CC#CC#CC#CC#CC#COCCOc1ccc(C2(c3ccc(OCCOC(=O)CCC(=O)OC(C)COCCCC)cc3)C=Cc3c4c(c5cc(-c6ccc(C)cc6OC)c(OC)cc5c3O2)-c2ccccc2C42CC(C)(C)CC(C)(C)C2)cc1.[HH].[HH].[HH].[HH].[HH].[HH].[HH].[HH].[HH].[HH].[HH].[HH].[HH].[HH].[HH].[HH].[HH]. The van der Waals surface area contributed by atoms with E-state index in [1.54, 1.807) is 21.1 Å². The topological polar surface area (TPSA) is 117 Å². The van der Waals surface area contributed by atoms with Crippen molar-refractivity contribution in [2.45, 2.75) is 111 Å². The number of benzene rings is 6. The highest BCUT2D eigenvalue weighted by Crippen LogP contribution is 2.67. The summed E-state index contributed by atoms with van der Waals surface area (Å²) in [4.78, 5) is 25.1. The molecule has 1 spiro atoms. The van der Waals surface area contributed by atoms with Crippen LogP contribution in [0.3, 0.4) is 0 Å². The summed E-state index contributed by atoms with van der Waals surface area (Å²) in [6, 6.07) is 35.4. The van der Waals surface area contributed by atoms with Crippen LogP contribution in [0, 0.1) is 125 Å². The van der Waals surface area contributed by atoms with Gasteiger partial charge in [-0.3, -0.25) is 9.59 Å². The smallest absolute Gasteiger partial charge is 0.306 e. The minimum Gasteiger partial charge on any atom is -0.496 e. The molecule has 0 bridgehead atoms. The molecule has 2 aliphatic carbocycles. The summed E-state index contributed by atoms with van der Waals surface area (Å²) in [5.74, 6) is 42.6. The first kappa shape index (κ1) is 67.5. The van der Waals surface area contributed by atoms with E-state index in [0.29, 0.717) is 30.5 Å². The van der Waals surface area contributed by atoms with Gasteiger partial charge in [0.1, 0.15) is 67.4 Å². The lowest BCUT2D eigenvalue weighted by Crippen LogP contribution is -2.44. The lowest BCUT2D eigenvalue weighted by atomic mass is 9.52. The van der Waals surface area contributed by atoms with Crippen LogP contribution in [0.15, 0.2) is 109 Å². The average Bonchev–Trinajstić information content (AvgIpc) is 1.54. The van der Waals surface area contributed by atoms with Crippen molar-refractivity contribution in [2.75, 3.05) is 53.9 Å². The fourth-order valence-electron chi connectivity index (χ4n) is 13.3. The van der Waals surface area contributed by atoms with Gasteiger partial charge < -0.3 is 42.6 Å². The fourth-order valence-corrected chi connectivity index (χ4v) is 13.3. The first-order valence-electron chi connectivity index (χ1n) is 31.4. The number of methoxy groups -OCH3 is 2. The number of carbonyl (C=O) groups excluding carboxylic acids is 2. The normalized spacial score (nSPS) is 15.1. The van der Waals surface area contributed by atoms with Crippen molar-refractivity contribution in [1.29, 1.82) is 0 Å². The van der Waals surface area contributed by atoms with Crippen LogP contribution in [0.5, 0.6) is 28.7 Å². The molecule has 11 heteroatoms. The summed E-state index contributed by atoms with van der Waals surface area (Å²) in [6.07, 6.45) is 16.4. The number of terminal acetylenes is 1. The molecule has 1 aliphatic heterocycles. The van der Waals surface area contributed by atoms with Crippen molar-refractivity contribution in [3.8, 4) is 158 Å². The number of hydrogen-bond donors (Lipinski definition) is 0. The molecule has 2 unspecified atom stereocenters. The van der Waals surface area contributed by atoms with E-state index in [4.69, 9.17) is 49.1 Å². The summed E-state index contributed by atoms with van der Waals surface area (Å²) < 4.78 is 54.7. The van der Waals surface area contributed by atoms with Crippen LogP contribution in [0.1, 0.15) is 144 Å². The number of rotatable bonds is 22. The molecule has 2 atom stereocenters. The van der Waals surface area contributed by atoms with Crippen LogP contribution in [-0.2, 0) is 39.6 Å². The molecule has 6 aromatic carbocycles. The summed E-state index contributed by atoms with van der Waals surface area (Å²) in [7, 11) is 3.42. The Kier molecular flexibility index (Phi) is 22.5.